The van der Waals surface area contributed by atoms with Crippen molar-refractivity contribution in [3.63, 3.8) is 0 Å². The highest BCUT2D eigenvalue weighted by Crippen LogP contribution is 2.30. The van der Waals surface area contributed by atoms with Gasteiger partial charge in [-0.2, -0.15) is 15.1 Å². The Labute approximate surface area is 127 Å². The van der Waals surface area contributed by atoms with Crippen LogP contribution in [-0.2, 0) is 9.47 Å². The predicted octanol–water partition coefficient (Wildman–Crippen LogP) is 0.931. The molecule has 1 saturated heterocycles. The molecule has 0 aromatic carbocycles. The van der Waals surface area contributed by atoms with Crippen LogP contribution in [0.5, 0.6) is 0 Å². The van der Waals surface area contributed by atoms with Gasteiger partial charge in [0.1, 0.15) is 5.82 Å². The van der Waals surface area contributed by atoms with Gasteiger partial charge in [0.15, 0.2) is 5.65 Å². The van der Waals surface area contributed by atoms with Gasteiger partial charge in [0.2, 0.25) is 5.95 Å². The third kappa shape index (κ3) is 2.84. The largest absolute Gasteiger partial charge is 0.379 e. The van der Waals surface area contributed by atoms with Crippen LogP contribution in [0.1, 0.15) is 19.3 Å². The lowest BCUT2D eigenvalue weighted by molar-refractivity contribution is -0.0439. The Hall–Kier alpha value is -1.93. The molecule has 3 heterocycles. The van der Waals surface area contributed by atoms with Crippen LogP contribution in [0.2, 0.25) is 0 Å². The number of aromatic nitrogens is 4. The van der Waals surface area contributed by atoms with Crippen LogP contribution < -0.4 is 11.1 Å². The van der Waals surface area contributed by atoms with Crippen molar-refractivity contribution < 1.29 is 9.47 Å². The number of hydrogen-bond donors (Lipinski definition) is 3. The molecule has 8 heteroatoms. The lowest BCUT2D eigenvalue weighted by Crippen LogP contribution is -2.44. The number of rotatable bonds is 5. The van der Waals surface area contributed by atoms with E-state index >= 15 is 0 Å². The first-order valence-electron chi connectivity index (χ1n) is 7.72. The SMILES string of the molecule is Nc1nc(N[C@@H]2COCC[C@@H]2OCC2CC2)c2cn[nH]c2n1. The van der Waals surface area contributed by atoms with Gasteiger partial charge in [-0.05, 0) is 25.2 Å². The molecule has 2 aromatic heterocycles. The van der Waals surface area contributed by atoms with Crippen LogP contribution in [-0.4, -0.2) is 52.1 Å². The van der Waals surface area contributed by atoms with E-state index in [-0.39, 0.29) is 18.1 Å². The topological polar surface area (TPSA) is 111 Å². The normalized spacial score (nSPS) is 25.5. The third-order valence-corrected chi connectivity index (χ3v) is 4.18. The molecule has 118 valence electrons. The number of nitrogens with two attached hydrogens (primary N) is 1. The molecule has 2 atom stereocenters. The van der Waals surface area contributed by atoms with E-state index in [9.17, 15) is 0 Å². The monoisotopic (exact) mass is 304 g/mol. The summed E-state index contributed by atoms with van der Waals surface area (Å²) in [5.41, 5.74) is 6.38. The Kier molecular flexibility index (Phi) is 3.55. The number of nitrogen functional groups attached to an aromatic ring is 1. The Balaban J connectivity index is 1.52. The molecule has 8 nitrogen and oxygen atoms in total. The van der Waals surface area contributed by atoms with Crippen LogP contribution >= 0.6 is 0 Å². The number of fused-ring (bicyclic) bond motifs is 1. The highest BCUT2D eigenvalue weighted by Gasteiger charge is 2.30. The van der Waals surface area contributed by atoms with Gasteiger partial charge in [0.25, 0.3) is 0 Å². The van der Waals surface area contributed by atoms with Gasteiger partial charge in [-0.15, -0.1) is 0 Å². The number of H-pyrrole nitrogens is 1. The highest BCUT2D eigenvalue weighted by atomic mass is 16.5. The Morgan fingerprint density at radius 2 is 2.27 bits per heavy atom. The maximum Gasteiger partial charge on any atom is 0.224 e. The van der Waals surface area contributed by atoms with Gasteiger partial charge in [-0.3, -0.25) is 5.10 Å². The van der Waals surface area contributed by atoms with Crippen molar-refractivity contribution in [2.24, 2.45) is 5.92 Å². The molecule has 4 N–H and O–H groups in total. The maximum absolute atomic E-state index is 6.07. The molecular formula is C14H20N6O2. The molecular weight excluding hydrogens is 284 g/mol. The summed E-state index contributed by atoms with van der Waals surface area (Å²) in [5, 5.41) is 11.0. The third-order valence-electron chi connectivity index (χ3n) is 4.18. The van der Waals surface area contributed by atoms with Gasteiger partial charge in [-0.25, -0.2) is 0 Å². The minimum absolute atomic E-state index is 0.0555. The summed E-state index contributed by atoms with van der Waals surface area (Å²) in [6, 6.07) is 0.0555. The van der Waals surface area contributed by atoms with Crippen molar-refractivity contribution in [1.82, 2.24) is 20.2 Å². The van der Waals surface area contributed by atoms with E-state index in [1.807, 2.05) is 0 Å². The van der Waals surface area contributed by atoms with E-state index in [1.165, 1.54) is 12.8 Å². The number of hydrogen-bond acceptors (Lipinski definition) is 7. The second-order valence-corrected chi connectivity index (χ2v) is 5.99. The molecule has 0 unspecified atom stereocenters. The van der Waals surface area contributed by atoms with E-state index in [2.05, 4.69) is 25.5 Å². The molecule has 22 heavy (non-hydrogen) atoms. The zero-order valence-corrected chi connectivity index (χ0v) is 12.3. The van der Waals surface area contributed by atoms with Gasteiger partial charge in [0, 0.05) is 13.2 Å². The Morgan fingerprint density at radius 3 is 3.14 bits per heavy atom. The summed E-state index contributed by atoms with van der Waals surface area (Å²) in [7, 11) is 0. The summed E-state index contributed by atoms with van der Waals surface area (Å²) < 4.78 is 11.7. The number of nitrogens with zero attached hydrogens (tertiary/aromatic N) is 3. The first kappa shape index (κ1) is 13.7. The van der Waals surface area contributed by atoms with Gasteiger partial charge in [-0.1, -0.05) is 0 Å². The van der Waals surface area contributed by atoms with Crippen molar-refractivity contribution in [3.8, 4) is 0 Å². The van der Waals surface area contributed by atoms with Gasteiger partial charge in [0.05, 0.1) is 30.3 Å². The maximum atomic E-state index is 6.07. The van der Waals surface area contributed by atoms with E-state index in [0.29, 0.717) is 18.1 Å². The quantitative estimate of drug-likeness (QED) is 0.753. The minimum atomic E-state index is 0.0555. The van der Waals surface area contributed by atoms with Crippen molar-refractivity contribution in [2.75, 3.05) is 30.9 Å². The summed E-state index contributed by atoms with van der Waals surface area (Å²) in [5.74, 6) is 1.64. The van der Waals surface area contributed by atoms with Crippen molar-refractivity contribution in [1.29, 1.82) is 0 Å². The Morgan fingerprint density at radius 1 is 1.36 bits per heavy atom. The fraction of sp³-hybridized carbons (Fsp3) is 0.643. The Bertz CT molecular complexity index is 656. The van der Waals surface area contributed by atoms with Crippen LogP contribution in [0.3, 0.4) is 0 Å². The van der Waals surface area contributed by atoms with E-state index in [4.69, 9.17) is 15.2 Å². The lowest BCUT2D eigenvalue weighted by atomic mass is 10.1. The average Bonchev–Trinajstić information content (AvgIpc) is 3.22. The summed E-state index contributed by atoms with van der Waals surface area (Å²) >= 11 is 0. The number of nitrogens with one attached hydrogen (secondary N) is 2. The molecule has 0 bridgehead atoms. The molecule has 2 aliphatic rings. The average molecular weight is 304 g/mol. The van der Waals surface area contributed by atoms with Crippen LogP contribution in [0.4, 0.5) is 11.8 Å². The molecule has 0 spiro atoms. The highest BCUT2D eigenvalue weighted by molar-refractivity contribution is 5.86. The molecule has 2 aromatic rings. The molecule has 0 radical (unpaired) electrons. The lowest BCUT2D eigenvalue weighted by Gasteiger charge is -2.32. The van der Waals surface area contributed by atoms with Crippen molar-refractivity contribution >= 4 is 22.8 Å². The van der Waals surface area contributed by atoms with Gasteiger partial charge >= 0.3 is 0 Å². The van der Waals surface area contributed by atoms with Gasteiger partial charge < -0.3 is 20.5 Å². The molecule has 4 rings (SSSR count). The fourth-order valence-electron chi connectivity index (χ4n) is 2.73. The standard InChI is InChI=1S/C14H20N6O2/c15-14-18-12(9-5-16-20-13(9)19-14)17-10-7-21-4-3-11(10)22-6-8-1-2-8/h5,8,10-11H,1-4,6-7H2,(H4,15,16,17,18,19,20)/t10-,11+/m1/s1. The summed E-state index contributed by atoms with van der Waals surface area (Å²) in [6.07, 6.45) is 5.30. The molecule has 0 amide bonds. The molecule has 1 aliphatic carbocycles. The van der Waals surface area contributed by atoms with Crippen LogP contribution in [0.25, 0.3) is 11.0 Å². The van der Waals surface area contributed by atoms with E-state index in [0.717, 1.165) is 30.9 Å². The number of aromatic amines is 1. The van der Waals surface area contributed by atoms with Crippen molar-refractivity contribution in [2.45, 2.75) is 31.4 Å². The second-order valence-electron chi connectivity index (χ2n) is 5.99. The number of anilines is 2. The molecule has 1 aliphatic heterocycles. The number of ether oxygens (including phenoxy) is 2. The smallest absolute Gasteiger partial charge is 0.224 e. The summed E-state index contributed by atoms with van der Waals surface area (Å²) in [4.78, 5) is 8.42. The zero-order chi connectivity index (χ0) is 14.9. The second kappa shape index (κ2) is 5.69. The fourth-order valence-corrected chi connectivity index (χ4v) is 2.73. The predicted molar refractivity (Wildman–Crippen MR) is 81.4 cm³/mol. The summed E-state index contributed by atoms with van der Waals surface area (Å²) in [6.45, 7) is 2.18. The van der Waals surface area contributed by atoms with Crippen LogP contribution in [0.15, 0.2) is 6.20 Å². The minimum Gasteiger partial charge on any atom is -0.379 e. The zero-order valence-electron chi connectivity index (χ0n) is 12.3. The first-order valence-corrected chi connectivity index (χ1v) is 7.72. The van der Waals surface area contributed by atoms with Crippen LogP contribution in [0, 0.1) is 5.92 Å². The van der Waals surface area contributed by atoms with E-state index in [1.54, 1.807) is 6.20 Å². The molecule has 2 fully saturated rings. The van der Waals surface area contributed by atoms with Crippen molar-refractivity contribution in [3.05, 3.63) is 6.20 Å². The molecule has 1 saturated carbocycles. The van der Waals surface area contributed by atoms with E-state index < -0.39 is 0 Å². The first-order chi connectivity index (χ1) is 10.8.